The molecule has 1 amide bonds. The van der Waals surface area contributed by atoms with Gasteiger partial charge in [0, 0.05) is 18.6 Å². The smallest absolute Gasteiger partial charge is 0.237 e. The molecule has 0 radical (unpaired) electrons. The fourth-order valence-electron chi connectivity index (χ4n) is 1.98. The molecule has 0 aromatic heterocycles. The van der Waals surface area contributed by atoms with Gasteiger partial charge in [-0.05, 0) is 19.8 Å². The SMILES string of the molecule is CC(C#N)C(=O)NC1CCCCC1CO. The number of nitrogens with one attached hydrogen (secondary N) is 1. The summed E-state index contributed by atoms with van der Waals surface area (Å²) in [5.41, 5.74) is 0. The molecule has 0 aromatic carbocycles. The van der Waals surface area contributed by atoms with Crippen LogP contribution in [0.3, 0.4) is 0 Å². The van der Waals surface area contributed by atoms with Crippen LogP contribution in [0.2, 0.25) is 0 Å². The molecule has 4 heteroatoms. The maximum atomic E-state index is 11.5. The highest BCUT2D eigenvalue weighted by molar-refractivity contribution is 5.80. The molecule has 1 aliphatic rings. The van der Waals surface area contributed by atoms with Gasteiger partial charge in [-0.1, -0.05) is 12.8 Å². The molecule has 1 fully saturated rings. The van der Waals surface area contributed by atoms with Crippen molar-refractivity contribution in [2.45, 2.75) is 38.6 Å². The predicted molar refractivity (Wildman–Crippen MR) is 55.8 cm³/mol. The van der Waals surface area contributed by atoms with Gasteiger partial charge in [-0.25, -0.2) is 0 Å². The summed E-state index contributed by atoms with van der Waals surface area (Å²) in [7, 11) is 0. The molecule has 3 unspecified atom stereocenters. The van der Waals surface area contributed by atoms with Crippen molar-refractivity contribution in [1.29, 1.82) is 5.26 Å². The molecule has 0 aromatic rings. The van der Waals surface area contributed by atoms with Gasteiger partial charge in [-0.3, -0.25) is 4.79 Å². The summed E-state index contributed by atoms with van der Waals surface area (Å²) in [6.07, 6.45) is 4.07. The minimum atomic E-state index is -0.605. The lowest BCUT2D eigenvalue weighted by molar-refractivity contribution is -0.124. The van der Waals surface area contributed by atoms with Crippen LogP contribution in [-0.2, 0) is 4.79 Å². The monoisotopic (exact) mass is 210 g/mol. The first-order valence-corrected chi connectivity index (χ1v) is 5.50. The Kier molecular flexibility index (Phi) is 4.57. The van der Waals surface area contributed by atoms with Crippen molar-refractivity contribution in [2.75, 3.05) is 6.61 Å². The van der Waals surface area contributed by atoms with Gasteiger partial charge < -0.3 is 10.4 Å². The van der Waals surface area contributed by atoms with Crippen molar-refractivity contribution in [1.82, 2.24) is 5.32 Å². The Morgan fingerprint density at radius 2 is 2.27 bits per heavy atom. The highest BCUT2D eigenvalue weighted by Gasteiger charge is 2.27. The van der Waals surface area contributed by atoms with E-state index in [-0.39, 0.29) is 24.5 Å². The van der Waals surface area contributed by atoms with Gasteiger partial charge in [0.2, 0.25) is 5.91 Å². The summed E-state index contributed by atoms with van der Waals surface area (Å²) in [6.45, 7) is 1.71. The lowest BCUT2D eigenvalue weighted by Gasteiger charge is -2.31. The van der Waals surface area contributed by atoms with E-state index in [0.717, 1.165) is 25.7 Å². The number of hydrogen-bond acceptors (Lipinski definition) is 3. The average molecular weight is 210 g/mol. The van der Waals surface area contributed by atoms with E-state index in [1.807, 2.05) is 6.07 Å². The number of amides is 1. The number of nitrogens with zero attached hydrogens (tertiary/aromatic N) is 1. The number of aliphatic hydroxyl groups is 1. The first-order chi connectivity index (χ1) is 7.19. The Balaban J connectivity index is 2.48. The lowest BCUT2D eigenvalue weighted by atomic mass is 9.85. The number of carbonyl (C=O) groups excluding carboxylic acids is 1. The van der Waals surface area contributed by atoms with Gasteiger partial charge in [0.1, 0.15) is 5.92 Å². The number of nitriles is 1. The van der Waals surface area contributed by atoms with Crippen molar-refractivity contribution < 1.29 is 9.90 Å². The fraction of sp³-hybridized carbons (Fsp3) is 0.818. The molecule has 1 rings (SSSR count). The minimum Gasteiger partial charge on any atom is -0.396 e. The van der Waals surface area contributed by atoms with Crippen molar-refractivity contribution >= 4 is 5.91 Å². The molecule has 3 atom stereocenters. The first kappa shape index (κ1) is 12.0. The Labute approximate surface area is 90.3 Å². The second kappa shape index (κ2) is 5.72. The third kappa shape index (κ3) is 3.21. The van der Waals surface area contributed by atoms with E-state index < -0.39 is 5.92 Å². The zero-order valence-corrected chi connectivity index (χ0v) is 9.07. The normalized spacial score (nSPS) is 27.8. The van der Waals surface area contributed by atoms with E-state index in [1.54, 1.807) is 6.92 Å². The van der Waals surface area contributed by atoms with Crippen LogP contribution in [0.25, 0.3) is 0 Å². The third-order valence-electron chi connectivity index (χ3n) is 3.06. The highest BCUT2D eigenvalue weighted by atomic mass is 16.3. The summed E-state index contributed by atoms with van der Waals surface area (Å²) in [4.78, 5) is 11.5. The van der Waals surface area contributed by atoms with Crippen molar-refractivity contribution in [3.63, 3.8) is 0 Å². The number of carbonyl (C=O) groups is 1. The Morgan fingerprint density at radius 3 is 2.87 bits per heavy atom. The zero-order chi connectivity index (χ0) is 11.3. The molecule has 0 aliphatic heterocycles. The Morgan fingerprint density at radius 1 is 1.60 bits per heavy atom. The largest absolute Gasteiger partial charge is 0.396 e. The van der Waals surface area contributed by atoms with E-state index in [2.05, 4.69) is 5.32 Å². The van der Waals surface area contributed by atoms with Crippen molar-refractivity contribution in [3.8, 4) is 6.07 Å². The van der Waals surface area contributed by atoms with E-state index in [0.29, 0.717) is 0 Å². The second-order valence-corrected chi connectivity index (χ2v) is 4.19. The second-order valence-electron chi connectivity index (χ2n) is 4.19. The lowest BCUT2D eigenvalue weighted by Crippen LogP contribution is -2.45. The summed E-state index contributed by atoms with van der Waals surface area (Å²) in [6, 6.07) is 1.96. The van der Waals surface area contributed by atoms with Crippen LogP contribution in [0.4, 0.5) is 0 Å². The van der Waals surface area contributed by atoms with E-state index >= 15 is 0 Å². The van der Waals surface area contributed by atoms with Gasteiger partial charge in [0.05, 0.1) is 6.07 Å². The van der Waals surface area contributed by atoms with Crippen LogP contribution < -0.4 is 5.32 Å². The molecule has 4 nitrogen and oxygen atoms in total. The molecular formula is C11H18N2O2. The maximum absolute atomic E-state index is 11.5. The molecule has 0 bridgehead atoms. The molecule has 15 heavy (non-hydrogen) atoms. The van der Waals surface area contributed by atoms with Crippen molar-refractivity contribution in [2.24, 2.45) is 11.8 Å². The standard InChI is InChI=1S/C11H18N2O2/c1-8(6-12)11(15)13-10-5-3-2-4-9(10)7-14/h8-10,14H,2-5,7H2,1H3,(H,13,15). The minimum absolute atomic E-state index is 0.0482. The van der Waals surface area contributed by atoms with Gasteiger partial charge in [-0.2, -0.15) is 5.26 Å². The zero-order valence-electron chi connectivity index (χ0n) is 9.07. The molecule has 1 saturated carbocycles. The summed E-state index contributed by atoms with van der Waals surface area (Å²) in [5, 5.41) is 20.6. The Hall–Kier alpha value is -1.08. The van der Waals surface area contributed by atoms with E-state index in [9.17, 15) is 4.79 Å². The van der Waals surface area contributed by atoms with Gasteiger partial charge >= 0.3 is 0 Å². The molecule has 0 spiro atoms. The van der Waals surface area contributed by atoms with Crippen LogP contribution in [0.15, 0.2) is 0 Å². The number of hydrogen-bond donors (Lipinski definition) is 2. The van der Waals surface area contributed by atoms with Crippen LogP contribution in [-0.4, -0.2) is 23.7 Å². The topological polar surface area (TPSA) is 73.1 Å². The molecule has 0 heterocycles. The number of aliphatic hydroxyl groups excluding tert-OH is 1. The third-order valence-corrected chi connectivity index (χ3v) is 3.06. The summed E-state index contributed by atoms with van der Waals surface area (Å²) >= 11 is 0. The van der Waals surface area contributed by atoms with Crippen LogP contribution >= 0.6 is 0 Å². The van der Waals surface area contributed by atoms with Crippen LogP contribution in [0, 0.1) is 23.2 Å². The quantitative estimate of drug-likeness (QED) is 0.724. The van der Waals surface area contributed by atoms with Gasteiger partial charge in [-0.15, -0.1) is 0 Å². The highest BCUT2D eigenvalue weighted by Crippen LogP contribution is 2.24. The van der Waals surface area contributed by atoms with Crippen LogP contribution in [0.5, 0.6) is 0 Å². The van der Waals surface area contributed by atoms with E-state index in [1.165, 1.54) is 0 Å². The average Bonchev–Trinajstić information content (AvgIpc) is 2.28. The fourth-order valence-corrected chi connectivity index (χ4v) is 1.98. The molecule has 1 aliphatic carbocycles. The molecular weight excluding hydrogens is 192 g/mol. The van der Waals surface area contributed by atoms with Crippen LogP contribution in [0.1, 0.15) is 32.6 Å². The maximum Gasteiger partial charge on any atom is 0.237 e. The predicted octanol–water partition coefficient (Wildman–Crippen LogP) is 0.813. The first-order valence-electron chi connectivity index (χ1n) is 5.50. The van der Waals surface area contributed by atoms with Crippen molar-refractivity contribution in [3.05, 3.63) is 0 Å². The van der Waals surface area contributed by atoms with Gasteiger partial charge in [0.25, 0.3) is 0 Å². The summed E-state index contributed by atoms with van der Waals surface area (Å²) in [5.74, 6) is -0.664. The molecule has 2 N–H and O–H groups in total. The number of rotatable bonds is 3. The molecule has 0 saturated heterocycles. The Bertz CT molecular complexity index is 260. The van der Waals surface area contributed by atoms with Gasteiger partial charge in [0.15, 0.2) is 0 Å². The molecule has 84 valence electrons. The summed E-state index contributed by atoms with van der Waals surface area (Å²) < 4.78 is 0. The van der Waals surface area contributed by atoms with E-state index in [4.69, 9.17) is 10.4 Å².